The number of anilines is 1. The van der Waals surface area contributed by atoms with Gasteiger partial charge in [-0.05, 0) is 18.2 Å². The van der Waals surface area contributed by atoms with E-state index in [1.807, 2.05) is 0 Å². The smallest absolute Gasteiger partial charge is 0.417 e. The third kappa shape index (κ3) is 4.81. The molecular weight excluding hydrogens is 458 g/mol. The quantitative estimate of drug-likeness (QED) is 0.493. The summed E-state index contributed by atoms with van der Waals surface area (Å²) in [5, 5.41) is -0.260. The Morgan fingerprint density at radius 3 is 2.35 bits per heavy atom. The third-order valence-electron chi connectivity index (χ3n) is 3.10. The number of hydrogen-bond acceptors (Lipinski definition) is 3. The number of nitrogens with zero attached hydrogens (tertiary/aromatic N) is 1. The van der Waals surface area contributed by atoms with Gasteiger partial charge in [0.2, 0.25) is 0 Å². The largest absolute Gasteiger partial charge is 0.486 e. The van der Waals surface area contributed by atoms with Crippen molar-refractivity contribution in [2.24, 2.45) is 0 Å². The molecule has 2 aromatic rings. The molecule has 0 saturated carbocycles. The van der Waals surface area contributed by atoms with E-state index in [-0.39, 0.29) is 48.9 Å². The van der Waals surface area contributed by atoms with Gasteiger partial charge in [-0.15, -0.1) is 0 Å². The zero-order chi connectivity index (χ0) is 19.6. The van der Waals surface area contributed by atoms with Crippen LogP contribution < -0.4 is 10.5 Å². The Labute approximate surface area is 171 Å². The van der Waals surface area contributed by atoms with Gasteiger partial charge >= 0.3 is 6.18 Å². The fourth-order valence-electron chi connectivity index (χ4n) is 1.92. The molecule has 1 aromatic carbocycles. The summed E-state index contributed by atoms with van der Waals surface area (Å²) in [4.78, 5) is 3.74. The van der Waals surface area contributed by atoms with Crippen molar-refractivity contribution in [2.75, 3.05) is 12.3 Å². The topological polar surface area (TPSA) is 48.1 Å². The standard InChI is InChI=1S/C15H8Cl5F3N2O/c16-8-3-6(15(21,22)23)5-25-13(8)7-4-9(17)14(11(20)12(7)24)26-2-1-10(18)19/h1,3-5H,2,24H2. The number of hydrogen-bond donors (Lipinski definition) is 1. The number of aromatic nitrogens is 1. The maximum atomic E-state index is 12.7. The van der Waals surface area contributed by atoms with E-state index < -0.39 is 11.7 Å². The Morgan fingerprint density at radius 1 is 1.15 bits per heavy atom. The van der Waals surface area contributed by atoms with Crippen LogP contribution in [0.25, 0.3) is 11.3 Å². The van der Waals surface area contributed by atoms with Gasteiger partial charge in [0.25, 0.3) is 0 Å². The third-order valence-corrected chi connectivity index (χ3v) is 4.36. The SMILES string of the molecule is Nc1c(-c2ncc(C(F)(F)F)cc2Cl)cc(Cl)c(OCC=C(Cl)Cl)c1Cl. The van der Waals surface area contributed by atoms with Gasteiger partial charge in [0.05, 0.1) is 27.0 Å². The molecule has 0 radical (unpaired) electrons. The molecule has 0 saturated heterocycles. The highest BCUT2D eigenvalue weighted by molar-refractivity contribution is 6.55. The molecule has 0 spiro atoms. The lowest BCUT2D eigenvalue weighted by Crippen LogP contribution is -2.06. The number of halogens is 8. The van der Waals surface area contributed by atoms with Crippen molar-refractivity contribution in [3.8, 4) is 17.0 Å². The Balaban J connectivity index is 2.47. The van der Waals surface area contributed by atoms with Crippen LogP contribution in [0, 0.1) is 0 Å². The molecule has 2 N–H and O–H groups in total. The summed E-state index contributed by atoms with van der Waals surface area (Å²) in [6, 6.07) is 2.08. The number of ether oxygens (including phenoxy) is 1. The lowest BCUT2D eigenvalue weighted by Gasteiger charge is -2.15. The molecule has 0 amide bonds. The number of nitrogens with two attached hydrogens (primary N) is 1. The minimum absolute atomic E-state index is 0.00350. The molecule has 0 atom stereocenters. The van der Waals surface area contributed by atoms with Crippen LogP contribution >= 0.6 is 58.0 Å². The summed E-state index contributed by atoms with van der Waals surface area (Å²) >= 11 is 29.2. The summed E-state index contributed by atoms with van der Waals surface area (Å²) < 4.78 is 43.5. The number of rotatable bonds is 4. The summed E-state index contributed by atoms with van der Waals surface area (Å²) in [6.45, 7) is -0.0279. The van der Waals surface area contributed by atoms with Crippen LogP contribution in [0.15, 0.2) is 28.9 Å². The number of pyridine rings is 1. The van der Waals surface area contributed by atoms with Crippen LogP contribution in [0.5, 0.6) is 5.75 Å². The van der Waals surface area contributed by atoms with Crippen LogP contribution in [-0.4, -0.2) is 11.6 Å². The second-order valence-corrected chi connectivity index (χ2v) is 7.02. The van der Waals surface area contributed by atoms with Gasteiger partial charge < -0.3 is 10.5 Å². The van der Waals surface area contributed by atoms with Crippen LogP contribution in [0.1, 0.15) is 5.56 Å². The van der Waals surface area contributed by atoms with Gasteiger partial charge in [-0.25, -0.2) is 0 Å². The van der Waals surface area contributed by atoms with Crippen LogP contribution in [-0.2, 0) is 6.18 Å². The van der Waals surface area contributed by atoms with Gasteiger partial charge in [-0.2, -0.15) is 13.2 Å². The maximum absolute atomic E-state index is 12.7. The fourth-order valence-corrected chi connectivity index (χ4v) is 2.88. The molecule has 11 heteroatoms. The second kappa shape index (κ2) is 8.31. The molecule has 0 aliphatic rings. The van der Waals surface area contributed by atoms with E-state index in [1.54, 1.807) is 0 Å². The van der Waals surface area contributed by atoms with Crippen molar-refractivity contribution in [2.45, 2.75) is 6.18 Å². The monoisotopic (exact) mass is 464 g/mol. The number of benzene rings is 1. The van der Waals surface area contributed by atoms with E-state index in [0.29, 0.717) is 6.20 Å². The van der Waals surface area contributed by atoms with Gasteiger partial charge in [-0.3, -0.25) is 4.98 Å². The average molecular weight is 467 g/mol. The van der Waals surface area contributed by atoms with E-state index in [1.165, 1.54) is 12.1 Å². The molecular formula is C15H8Cl5F3N2O. The Morgan fingerprint density at radius 2 is 1.81 bits per heavy atom. The Hall–Kier alpha value is -1.05. The second-order valence-electron chi connectivity index (χ2n) is 4.82. The van der Waals surface area contributed by atoms with Crippen molar-refractivity contribution in [1.29, 1.82) is 0 Å². The van der Waals surface area contributed by atoms with Crippen LogP contribution in [0.4, 0.5) is 18.9 Å². The van der Waals surface area contributed by atoms with E-state index in [2.05, 4.69) is 4.98 Å². The van der Waals surface area contributed by atoms with E-state index >= 15 is 0 Å². The number of nitrogen functional groups attached to an aromatic ring is 1. The molecule has 3 nitrogen and oxygen atoms in total. The molecule has 0 unspecified atom stereocenters. The average Bonchev–Trinajstić information content (AvgIpc) is 2.53. The van der Waals surface area contributed by atoms with Gasteiger partial charge in [-0.1, -0.05) is 58.0 Å². The van der Waals surface area contributed by atoms with Crippen LogP contribution in [0.3, 0.4) is 0 Å². The van der Waals surface area contributed by atoms with E-state index in [9.17, 15) is 13.2 Å². The lowest BCUT2D eigenvalue weighted by atomic mass is 10.1. The predicted octanol–water partition coefficient (Wildman–Crippen LogP) is 7.01. The zero-order valence-corrected chi connectivity index (χ0v) is 16.3. The highest BCUT2D eigenvalue weighted by atomic mass is 35.5. The first kappa shape index (κ1) is 21.3. The van der Waals surface area contributed by atoms with Crippen LogP contribution in [0.2, 0.25) is 15.1 Å². The van der Waals surface area contributed by atoms with Gasteiger partial charge in [0.1, 0.15) is 16.1 Å². The molecule has 0 aliphatic carbocycles. The highest BCUT2D eigenvalue weighted by Gasteiger charge is 2.32. The minimum atomic E-state index is -4.58. The van der Waals surface area contributed by atoms with Crippen molar-refractivity contribution >= 4 is 63.7 Å². The normalized spacial score (nSPS) is 11.4. The van der Waals surface area contributed by atoms with E-state index in [4.69, 9.17) is 68.5 Å². The molecule has 26 heavy (non-hydrogen) atoms. The first-order valence-corrected chi connectivity index (χ1v) is 8.56. The molecule has 2 rings (SSSR count). The molecule has 0 aliphatic heterocycles. The first-order valence-electron chi connectivity index (χ1n) is 6.67. The van der Waals surface area contributed by atoms with E-state index in [0.717, 1.165) is 6.07 Å². The van der Waals surface area contributed by atoms with Gasteiger partial charge in [0.15, 0.2) is 5.75 Å². The Kier molecular flexibility index (Phi) is 6.80. The van der Waals surface area contributed by atoms with Crippen molar-refractivity contribution in [1.82, 2.24) is 4.98 Å². The summed E-state index contributed by atoms with van der Waals surface area (Å²) in [6.07, 6.45) is -2.58. The number of alkyl halides is 3. The molecule has 1 heterocycles. The summed E-state index contributed by atoms with van der Waals surface area (Å²) in [5.41, 5.74) is 5.10. The Bertz CT molecular complexity index is 867. The zero-order valence-electron chi connectivity index (χ0n) is 12.5. The first-order chi connectivity index (χ1) is 12.0. The minimum Gasteiger partial charge on any atom is -0.486 e. The predicted molar refractivity (Wildman–Crippen MR) is 99.4 cm³/mol. The molecule has 140 valence electrons. The summed E-state index contributed by atoms with van der Waals surface area (Å²) in [5.74, 6) is 0.0588. The maximum Gasteiger partial charge on any atom is 0.417 e. The van der Waals surface area contributed by atoms with Gasteiger partial charge in [0, 0.05) is 11.8 Å². The summed E-state index contributed by atoms with van der Waals surface area (Å²) in [7, 11) is 0. The molecule has 0 fully saturated rings. The van der Waals surface area contributed by atoms with Crippen molar-refractivity contribution in [3.05, 3.63) is 49.5 Å². The molecule has 0 bridgehead atoms. The van der Waals surface area contributed by atoms with Crippen molar-refractivity contribution in [3.63, 3.8) is 0 Å². The fraction of sp³-hybridized carbons (Fsp3) is 0.133. The lowest BCUT2D eigenvalue weighted by molar-refractivity contribution is -0.137. The van der Waals surface area contributed by atoms with Crippen molar-refractivity contribution < 1.29 is 17.9 Å². The highest BCUT2D eigenvalue weighted by Crippen LogP contribution is 2.45. The molecule has 1 aromatic heterocycles.